The highest BCUT2D eigenvalue weighted by Crippen LogP contribution is 2.12. The summed E-state index contributed by atoms with van der Waals surface area (Å²) in [7, 11) is 0. The average Bonchev–Trinajstić information content (AvgIpc) is 2.22. The van der Waals surface area contributed by atoms with Crippen molar-refractivity contribution < 1.29 is 0 Å². The van der Waals surface area contributed by atoms with Crippen LogP contribution in [0.1, 0.15) is 47.5 Å². The van der Waals surface area contributed by atoms with Gasteiger partial charge < -0.3 is 5.32 Å². The van der Waals surface area contributed by atoms with Crippen LogP contribution in [0.25, 0.3) is 0 Å². The third kappa shape index (κ3) is 8.15. The fourth-order valence-electron chi connectivity index (χ4n) is 1.34. The molecule has 0 radical (unpaired) electrons. The maximum atomic E-state index is 3.71. The van der Waals surface area contributed by atoms with E-state index in [0.29, 0.717) is 6.04 Å². The van der Waals surface area contributed by atoms with Crippen molar-refractivity contribution in [2.45, 2.75) is 53.5 Å². The molecular formula is C13H29NS. The summed E-state index contributed by atoms with van der Waals surface area (Å²) in [6.45, 7) is 12.7. The number of hydrogen-bond donors (Lipinski definition) is 1. The minimum Gasteiger partial charge on any atom is -0.313 e. The van der Waals surface area contributed by atoms with Gasteiger partial charge in [-0.2, -0.15) is 11.8 Å². The van der Waals surface area contributed by atoms with Crippen molar-refractivity contribution in [3.8, 4) is 0 Å². The summed E-state index contributed by atoms with van der Waals surface area (Å²) in [6.07, 6.45) is 2.57. The summed E-state index contributed by atoms with van der Waals surface area (Å²) >= 11 is 2.09. The van der Waals surface area contributed by atoms with Crippen molar-refractivity contribution >= 4 is 11.8 Å². The van der Waals surface area contributed by atoms with Crippen LogP contribution < -0.4 is 5.32 Å². The fraction of sp³-hybridized carbons (Fsp3) is 1.00. The molecule has 0 fully saturated rings. The second-order valence-electron chi connectivity index (χ2n) is 4.85. The molecule has 0 heterocycles. The van der Waals surface area contributed by atoms with Crippen LogP contribution in [0, 0.1) is 11.8 Å². The summed E-state index contributed by atoms with van der Waals surface area (Å²) in [6, 6.07) is 0.690. The van der Waals surface area contributed by atoms with E-state index in [1.54, 1.807) is 0 Å². The Bertz CT molecular complexity index is 136. The highest BCUT2D eigenvalue weighted by molar-refractivity contribution is 7.99. The van der Waals surface area contributed by atoms with Crippen molar-refractivity contribution in [2.24, 2.45) is 11.8 Å². The normalized spacial score (nSPS) is 15.6. The topological polar surface area (TPSA) is 12.0 Å². The largest absolute Gasteiger partial charge is 0.313 e. The molecule has 0 saturated heterocycles. The van der Waals surface area contributed by atoms with Crippen molar-refractivity contribution in [1.82, 2.24) is 5.32 Å². The molecule has 1 N–H and O–H groups in total. The Kier molecular flexibility index (Phi) is 9.73. The van der Waals surface area contributed by atoms with Gasteiger partial charge in [0.05, 0.1) is 0 Å². The van der Waals surface area contributed by atoms with Gasteiger partial charge in [-0.05, 0) is 30.6 Å². The van der Waals surface area contributed by atoms with Gasteiger partial charge >= 0.3 is 0 Å². The molecule has 2 atom stereocenters. The van der Waals surface area contributed by atoms with Crippen molar-refractivity contribution in [3.05, 3.63) is 0 Å². The van der Waals surface area contributed by atoms with E-state index < -0.39 is 0 Å². The maximum Gasteiger partial charge on any atom is 0.0181 e. The number of hydrogen-bond acceptors (Lipinski definition) is 2. The number of thioether (sulfide) groups is 1. The zero-order valence-corrected chi connectivity index (χ0v) is 12.0. The highest BCUT2D eigenvalue weighted by Gasteiger charge is 2.13. The quantitative estimate of drug-likeness (QED) is 0.606. The van der Waals surface area contributed by atoms with Gasteiger partial charge in [-0.1, -0.05) is 41.0 Å². The Morgan fingerprint density at radius 1 is 1.13 bits per heavy atom. The van der Waals surface area contributed by atoms with Crippen molar-refractivity contribution in [1.29, 1.82) is 0 Å². The molecule has 0 aromatic rings. The second kappa shape index (κ2) is 9.53. The molecule has 0 amide bonds. The van der Waals surface area contributed by atoms with E-state index in [9.17, 15) is 0 Å². The molecule has 0 rings (SSSR count). The van der Waals surface area contributed by atoms with E-state index in [1.165, 1.54) is 30.9 Å². The van der Waals surface area contributed by atoms with Crippen LogP contribution in [-0.2, 0) is 0 Å². The van der Waals surface area contributed by atoms with Gasteiger partial charge in [0.2, 0.25) is 0 Å². The van der Waals surface area contributed by atoms with Crippen molar-refractivity contribution in [3.63, 3.8) is 0 Å². The zero-order valence-electron chi connectivity index (χ0n) is 11.2. The summed E-state index contributed by atoms with van der Waals surface area (Å²) in [5.74, 6) is 4.12. The van der Waals surface area contributed by atoms with E-state index in [4.69, 9.17) is 0 Å². The van der Waals surface area contributed by atoms with Crippen molar-refractivity contribution in [2.75, 3.05) is 18.1 Å². The van der Waals surface area contributed by atoms with Gasteiger partial charge in [0.25, 0.3) is 0 Å². The molecule has 15 heavy (non-hydrogen) atoms. The first-order valence-electron chi connectivity index (χ1n) is 6.42. The molecule has 0 bridgehead atoms. The fourth-order valence-corrected chi connectivity index (χ4v) is 2.55. The summed E-state index contributed by atoms with van der Waals surface area (Å²) in [5, 5.41) is 3.71. The average molecular weight is 231 g/mol. The molecule has 0 aromatic carbocycles. The van der Waals surface area contributed by atoms with Crippen LogP contribution in [0.4, 0.5) is 0 Å². The smallest absolute Gasteiger partial charge is 0.0181 e. The molecule has 0 aliphatic carbocycles. The van der Waals surface area contributed by atoms with E-state index in [-0.39, 0.29) is 0 Å². The van der Waals surface area contributed by atoms with Crippen LogP contribution >= 0.6 is 11.8 Å². The predicted octanol–water partition coefficient (Wildman–Crippen LogP) is 3.79. The zero-order chi connectivity index (χ0) is 11.7. The van der Waals surface area contributed by atoms with Crippen LogP contribution in [0.5, 0.6) is 0 Å². The third-order valence-electron chi connectivity index (χ3n) is 2.88. The van der Waals surface area contributed by atoms with Crippen LogP contribution in [0.2, 0.25) is 0 Å². The molecule has 0 saturated carbocycles. The molecule has 2 unspecified atom stereocenters. The molecule has 0 aliphatic rings. The summed E-state index contributed by atoms with van der Waals surface area (Å²) < 4.78 is 0. The lowest BCUT2D eigenvalue weighted by Gasteiger charge is -2.23. The van der Waals surface area contributed by atoms with E-state index in [2.05, 4.69) is 51.7 Å². The van der Waals surface area contributed by atoms with Gasteiger partial charge in [0, 0.05) is 11.8 Å². The Hall–Kier alpha value is 0.310. The van der Waals surface area contributed by atoms with E-state index in [0.717, 1.165) is 11.8 Å². The Morgan fingerprint density at radius 2 is 1.80 bits per heavy atom. The molecule has 0 aromatic heterocycles. The lowest BCUT2D eigenvalue weighted by atomic mass is 10.0. The number of rotatable bonds is 9. The Morgan fingerprint density at radius 3 is 2.27 bits per heavy atom. The molecule has 0 spiro atoms. The Balaban J connectivity index is 3.73. The van der Waals surface area contributed by atoms with E-state index in [1.807, 2.05) is 0 Å². The first-order valence-corrected chi connectivity index (χ1v) is 7.58. The lowest BCUT2D eigenvalue weighted by Crippen LogP contribution is -2.38. The monoisotopic (exact) mass is 231 g/mol. The highest BCUT2D eigenvalue weighted by atomic mass is 32.2. The van der Waals surface area contributed by atoms with Gasteiger partial charge in [0.1, 0.15) is 0 Å². The van der Waals surface area contributed by atoms with Gasteiger partial charge in [-0.25, -0.2) is 0 Å². The molecule has 0 aliphatic heterocycles. The van der Waals surface area contributed by atoms with Crippen LogP contribution in [-0.4, -0.2) is 24.1 Å². The first kappa shape index (κ1) is 15.3. The predicted molar refractivity (Wildman–Crippen MR) is 73.7 cm³/mol. The first-order chi connectivity index (χ1) is 7.11. The third-order valence-corrected chi connectivity index (χ3v) is 4.17. The maximum absolute atomic E-state index is 3.71. The second-order valence-corrected chi connectivity index (χ2v) is 6.00. The minimum absolute atomic E-state index is 0.690. The molecule has 92 valence electrons. The SMILES string of the molecule is CCCSCC(NCC(C)CC)C(C)C. The summed E-state index contributed by atoms with van der Waals surface area (Å²) in [5.41, 5.74) is 0. The molecule has 1 nitrogen and oxygen atoms in total. The Labute approximate surface area is 101 Å². The minimum atomic E-state index is 0.690. The molecular weight excluding hydrogens is 202 g/mol. The summed E-state index contributed by atoms with van der Waals surface area (Å²) in [4.78, 5) is 0. The van der Waals surface area contributed by atoms with Gasteiger partial charge in [-0.15, -0.1) is 0 Å². The molecule has 2 heteroatoms. The van der Waals surface area contributed by atoms with Gasteiger partial charge in [-0.3, -0.25) is 0 Å². The van der Waals surface area contributed by atoms with Crippen LogP contribution in [0.15, 0.2) is 0 Å². The standard InChI is InChI=1S/C13H29NS/c1-6-8-15-10-13(11(3)4)14-9-12(5)7-2/h11-14H,6-10H2,1-5H3. The van der Waals surface area contributed by atoms with Gasteiger partial charge in [0.15, 0.2) is 0 Å². The van der Waals surface area contributed by atoms with E-state index >= 15 is 0 Å². The lowest BCUT2D eigenvalue weighted by molar-refractivity contribution is 0.392. The van der Waals surface area contributed by atoms with Crippen LogP contribution in [0.3, 0.4) is 0 Å². The number of nitrogens with one attached hydrogen (secondary N) is 1.